The van der Waals surface area contributed by atoms with Crippen LogP contribution >= 0.6 is 24.0 Å². The van der Waals surface area contributed by atoms with Gasteiger partial charge in [-0.15, -0.1) is 24.0 Å². The van der Waals surface area contributed by atoms with Crippen molar-refractivity contribution >= 4 is 29.9 Å². The number of halogens is 1. The zero-order valence-corrected chi connectivity index (χ0v) is 17.0. The molecule has 1 aromatic rings. The number of hydrogen-bond donors (Lipinski definition) is 1. The first kappa shape index (κ1) is 20.2. The molecule has 0 unspecified atom stereocenters. The maximum Gasteiger partial charge on any atom is 0.248 e. The number of aliphatic imine (C=N–C) groups is 1. The van der Waals surface area contributed by atoms with E-state index in [1.54, 1.807) is 0 Å². The molecule has 0 amide bonds. The van der Waals surface area contributed by atoms with Crippen LogP contribution in [0.15, 0.2) is 9.52 Å². The minimum absolute atomic E-state index is 0. The summed E-state index contributed by atoms with van der Waals surface area (Å²) in [5, 5.41) is 7.14. The summed E-state index contributed by atoms with van der Waals surface area (Å²) in [6.07, 6.45) is 5.36. The van der Waals surface area contributed by atoms with Crippen molar-refractivity contribution in [3.8, 4) is 0 Å². The molecule has 1 N–H and O–H groups in total. The topological polar surface area (TPSA) is 66.5 Å². The zero-order valence-electron chi connectivity index (χ0n) is 14.7. The average molecular weight is 435 g/mol. The first-order valence-corrected chi connectivity index (χ1v) is 8.37. The van der Waals surface area contributed by atoms with Crippen LogP contribution in [0.1, 0.15) is 51.2 Å². The Morgan fingerprint density at radius 2 is 2.04 bits per heavy atom. The third-order valence-electron chi connectivity index (χ3n) is 4.30. The molecule has 0 aliphatic heterocycles. The molecule has 0 spiro atoms. The molecule has 0 atom stereocenters. The van der Waals surface area contributed by atoms with Crippen LogP contribution in [0.4, 0.5) is 0 Å². The van der Waals surface area contributed by atoms with E-state index in [0.29, 0.717) is 18.3 Å². The maximum absolute atomic E-state index is 5.12. The molecule has 1 aromatic heterocycles. The molecule has 23 heavy (non-hydrogen) atoms. The number of nitrogens with one attached hydrogen (secondary N) is 1. The summed E-state index contributed by atoms with van der Waals surface area (Å²) in [5.74, 6) is 3.80. The summed E-state index contributed by atoms with van der Waals surface area (Å²) in [7, 11) is 2.11. The van der Waals surface area contributed by atoms with Gasteiger partial charge < -0.3 is 14.7 Å². The fourth-order valence-corrected chi connectivity index (χ4v) is 3.00. The third kappa shape index (κ3) is 6.64. The van der Waals surface area contributed by atoms with Crippen LogP contribution < -0.4 is 5.32 Å². The lowest BCUT2D eigenvalue weighted by atomic mass is 9.83. The van der Waals surface area contributed by atoms with Crippen LogP contribution in [-0.4, -0.2) is 41.1 Å². The number of aryl methyl sites for hydroxylation is 1. The number of aromatic nitrogens is 2. The molecule has 1 heterocycles. The van der Waals surface area contributed by atoms with Gasteiger partial charge in [0.2, 0.25) is 5.89 Å². The first-order valence-electron chi connectivity index (χ1n) is 8.37. The lowest BCUT2D eigenvalue weighted by molar-refractivity contribution is 0.250. The average Bonchev–Trinajstić information content (AvgIpc) is 2.91. The van der Waals surface area contributed by atoms with Gasteiger partial charge in [0.1, 0.15) is 6.54 Å². The van der Waals surface area contributed by atoms with Gasteiger partial charge in [0.25, 0.3) is 0 Å². The van der Waals surface area contributed by atoms with E-state index >= 15 is 0 Å². The SMILES string of the molecule is CCNC(=NCc1nc(C)no1)N(C)CC1CCC(C)CC1.I. The van der Waals surface area contributed by atoms with Gasteiger partial charge in [-0.2, -0.15) is 4.98 Å². The van der Waals surface area contributed by atoms with Crippen molar-refractivity contribution in [2.45, 2.75) is 53.0 Å². The van der Waals surface area contributed by atoms with Gasteiger partial charge in [-0.05, 0) is 38.5 Å². The van der Waals surface area contributed by atoms with Crippen molar-refractivity contribution in [2.24, 2.45) is 16.8 Å². The van der Waals surface area contributed by atoms with E-state index in [1.807, 2.05) is 6.92 Å². The van der Waals surface area contributed by atoms with E-state index in [9.17, 15) is 0 Å². The first-order chi connectivity index (χ1) is 10.6. The molecule has 132 valence electrons. The largest absolute Gasteiger partial charge is 0.357 e. The highest BCUT2D eigenvalue weighted by Gasteiger charge is 2.20. The smallest absolute Gasteiger partial charge is 0.248 e. The molecule has 0 aromatic carbocycles. The van der Waals surface area contributed by atoms with Crippen molar-refractivity contribution in [3.63, 3.8) is 0 Å². The van der Waals surface area contributed by atoms with E-state index in [2.05, 4.69) is 46.2 Å². The molecule has 6 nitrogen and oxygen atoms in total. The number of guanidine groups is 1. The molecule has 1 aliphatic carbocycles. The van der Waals surface area contributed by atoms with Gasteiger partial charge in [0.15, 0.2) is 11.8 Å². The maximum atomic E-state index is 5.12. The second kappa shape index (κ2) is 10.1. The van der Waals surface area contributed by atoms with E-state index in [4.69, 9.17) is 4.52 Å². The highest BCUT2D eigenvalue weighted by Crippen LogP contribution is 2.28. The minimum atomic E-state index is 0. The zero-order chi connectivity index (χ0) is 15.9. The van der Waals surface area contributed by atoms with Gasteiger partial charge in [-0.1, -0.05) is 24.9 Å². The predicted octanol–water partition coefficient (Wildman–Crippen LogP) is 3.22. The highest BCUT2D eigenvalue weighted by molar-refractivity contribution is 14.0. The second-order valence-electron chi connectivity index (χ2n) is 6.41. The van der Waals surface area contributed by atoms with Crippen molar-refractivity contribution in [2.75, 3.05) is 20.1 Å². The molecule has 0 saturated heterocycles. The lowest BCUT2D eigenvalue weighted by Crippen LogP contribution is -2.41. The molecule has 1 fully saturated rings. The summed E-state index contributed by atoms with van der Waals surface area (Å²) in [5.41, 5.74) is 0. The molecular formula is C16H30IN5O. The van der Waals surface area contributed by atoms with Crippen LogP contribution in [0, 0.1) is 18.8 Å². The molecular weight excluding hydrogens is 405 g/mol. The monoisotopic (exact) mass is 435 g/mol. The van der Waals surface area contributed by atoms with Gasteiger partial charge >= 0.3 is 0 Å². The van der Waals surface area contributed by atoms with E-state index in [-0.39, 0.29) is 24.0 Å². The summed E-state index contributed by atoms with van der Waals surface area (Å²) in [4.78, 5) is 11.0. The third-order valence-corrected chi connectivity index (χ3v) is 4.30. The lowest BCUT2D eigenvalue weighted by Gasteiger charge is -2.31. The van der Waals surface area contributed by atoms with Crippen molar-refractivity contribution in [1.82, 2.24) is 20.4 Å². The summed E-state index contributed by atoms with van der Waals surface area (Å²) < 4.78 is 5.12. The van der Waals surface area contributed by atoms with Crippen LogP contribution in [0.2, 0.25) is 0 Å². The Balaban J connectivity index is 0.00000264. The van der Waals surface area contributed by atoms with Crippen LogP contribution in [0.25, 0.3) is 0 Å². The molecule has 1 saturated carbocycles. The minimum Gasteiger partial charge on any atom is -0.357 e. The van der Waals surface area contributed by atoms with Crippen LogP contribution in [0.5, 0.6) is 0 Å². The summed E-state index contributed by atoms with van der Waals surface area (Å²) in [6, 6.07) is 0. The highest BCUT2D eigenvalue weighted by atomic mass is 127. The molecule has 7 heteroatoms. The standard InChI is InChI=1S/C16H29N5O.HI/c1-5-17-16(18-10-15-19-13(3)20-22-15)21(4)11-14-8-6-12(2)7-9-14;/h12,14H,5-11H2,1-4H3,(H,17,18);1H. The Kier molecular flexibility index (Phi) is 8.86. The Labute approximate surface area is 156 Å². The molecule has 0 radical (unpaired) electrons. The van der Waals surface area contributed by atoms with Gasteiger partial charge in [-0.3, -0.25) is 0 Å². The summed E-state index contributed by atoms with van der Waals surface area (Å²) >= 11 is 0. The molecule has 0 bridgehead atoms. The van der Waals surface area contributed by atoms with Gasteiger partial charge in [0, 0.05) is 20.1 Å². The normalized spacial score (nSPS) is 21.7. The number of rotatable bonds is 5. The fraction of sp³-hybridized carbons (Fsp3) is 0.812. The van der Waals surface area contributed by atoms with Crippen molar-refractivity contribution in [3.05, 3.63) is 11.7 Å². The Bertz CT molecular complexity index is 483. The Morgan fingerprint density at radius 3 is 2.61 bits per heavy atom. The fourth-order valence-electron chi connectivity index (χ4n) is 3.00. The van der Waals surface area contributed by atoms with E-state index in [1.165, 1.54) is 25.7 Å². The quantitative estimate of drug-likeness (QED) is 0.437. The van der Waals surface area contributed by atoms with E-state index < -0.39 is 0 Å². The summed E-state index contributed by atoms with van der Waals surface area (Å²) in [6.45, 7) is 8.60. The molecule has 2 rings (SSSR count). The Morgan fingerprint density at radius 1 is 1.35 bits per heavy atom. The van der Waals surface area contributed by atoms with E-state index in [0.717, 1.165) is 30.9 Å². The van der Waals surface area contributed by atoms with Crippen LogP contribution in [-0.2, 0) is 6.54 Å². The van der Waals surface area contributed by atoms with Crippen molar-refractivity contribution in [1.29, 1.82) is 0 Å². The van der Waals surface area contributed by atoms with Gasteiger partial charge in [-0.25, -0.2) is 4.99 Å². The van der Waals surface area contributed by atoms with Crippen LogP contribution in [0.3, 0.4) is 0 Å². The van der Waals surface area contributed by atoms with Crippen molar-refractivity contribution < 1.29 is 4.52 Å². The number of nitrogens with zero attached hydrogens (tertiary/aromatic N) is 4. The molecule has 1 aliphatic rings. The number of hydrogen-bond acceptors (Lipinski definition) is 4. The van der Waals surface area contributed by atoms with Gasteiger partial charge in [0.05, 0.1) is 0 Å². The Hall–Kier alpha value is -0.860. The second-order valence-corrected chi connectivity index (χ2v) is 6.41. The predicted molar refractivity (Wildman–Crippen MR) is 103 cm³/mol.